The molecule has 0 spiro atoms. The van der Waals surface area contributed by atoms with E-state index in [-0.39, 0.29) is 11.3 Å². The molecule has 30 heavy (non-hydrogen) atoms. The number of amides is 1. The Morgan fingerprint density at radius 3 is 2.43 bits per heavy atom. The molecule has 3 aliphatic rings. The first-order valence-electron chi connectivity index (χ1n) is 9.21. The number of Topliss-reactive ketones (excluding diaryl/α,β-unsaturated/α-hetero) is 2. The van der Waals surface area contributed by atoms with Crippen molar-refractivity contribution < 1.29 is 39.9 Å². The van der Waals surface area contributed by atoms with Gasteiger partial charge in [-0.25, -0.2) is 0 Å². The second kappa shape index (κ2) is 6.07. The summed E-state index contributed by atoms with van der Waals surface area (Å²) >= 11 is 0. The van der Waals surface area contributed by atoms with E-state index in [1.807, 2.05) is 0 Å². The number of hydrogen-bond acceptors (Lipinski definition) is 9. The van der Waals surface area contributed by atoms with Gasteiger partial charge < -0.3 is 37.0 Å². The van der Waals surface area contributed by atoms with Crippen molar-refractivity contribution >= 4 is 28.9 Å². The molecule has 0 bridgehead atoms. The summed E-state index contributed by atoms with van der Waals surface area (Å²) in [6.07, 6.45) is -2.16. The first-order valence-corrected chi connectivity index (χ1v) is 9.21. The van der Waals surface area contributed by atoms with Gasteiger partial charge in [-0.05, 0) is 17.5 Å². The lowest BCUT2D eigenvalue weighted by Gasteiger charge is -2.50. The Bertz CT molecular complexity index is 1100. The second-order valence-corrected chi connectivity index (χ2v) is 7.95. The van der Waals surface area contributed by atoms with Gasteiger partial charge in [-0.15, -0.1) is 0 Å². The first-order chi connectivity index (χ1) is 13.9. The highest BCUT2D eigenvalue weighted by Crippen LogP contribution is 2.55. The van der Waals surface area contributed by atoms with Gasteiger partial charge in [0.25, 0.3) is 5.91 Å². The molecule has 4 rings (SSSR count). The molecule has 158 valence electrons. The smallest absolute Gasteiger partial charge is 0.255 e. The Labute approximate surface area is 169 Å². The predicted octanol–water partition coefficient (Wildman–Crippen LogP) is -0.462. The molecule has 0 radical (unpaired) electrons. The molecule has 9 N–H and O–H groups in total. The average molecular weight is 416 g/mol. The summed E-state index contributed by atoms with van der Waals surface area (Å²) in [6, 6.07) is 2.95. The molecule has 3 aliphatic carbocycles. The van der Waals surface area contributed by atoms with Crippen LogP contribution in [-0.4, -0.2) is 54.7 Å². The van der Waals surface area contributed by atoms with Gasteiger partial charge in [-0.1, -0.05) is 13.0 Å². The molecular formula is C20H20N2O8. The first kappa shape index (κ1) is 19.9. The van der Waals surface area contributed by atoms with Crippen molar-refractivity contribution in [2.24, 2.45) is 17.6 Å². The Morgan fingerprint density at radius 2 is 1.83 bits per heavy atom. The summed E-state index contributed by atoms with van der Waals surface area (Å²) in [4.78, 5) is 37.3. The van der Waals surface area contributed by atoms with Crippen molar-refractivity contribution in [3.05, 3.63) is 40.2 Å². The van der Waals surface area contributed by atoms with Gasteiger partial charge >= 0.3 is 0 Å². The van der Waals surface area contributed by atoms with Gasteiger partial charge in [0.15, 0.2) is 11.4 Å². The van der Waals surface area contributed by atoms with Crippen molar-refractivity contribution in [3.8, 4) is 5.75 Å². The number of fused-ring (bicyclic) bond motifs is 3. The predicted molar refractivity (Wildman–Crippen MR) is 102 cm³/mol. The maximum absolute atomic E-state index is 13.4. The number of rotatable bonds is 1. The van der Waals surface area contributed by atoms with E-state index in [0.29, 0.717) is 5.56 Å². The molecule has 0 heterocycles. The molecule has 0 unspecified atom stereocenters. The van der Waals surface area contributed by atoms with Crippen LogP contribution in [0.5, 0.6) is 5.75 Å². The Morgan fingerprint density at radius 1 is 1.20 bits per heavy atom. The largest absolute Gasteiger partial charge is 0.508 e. The van der Waals surface area contributed by atoms with Crippen molar-refractivity contribution in [1.82, 2.24) is 0 Å². The van der Waals surface area contributed by atoms with E-state index in [4.69, 9.17) is 11.5 Å². The maximum atomic E-state index is 13.4. The SMILES string of the molecule is C[C@H]1c2ccc(N)c(O)c2C(O)=C2C(=O)[C@]3(O)C(O)=C(C(N)=O)C(=O)C[C@@H]3[C@@H](O)[C@@H]21. The van der Waals surface area contributed by atoms with Crippen molar-refractivity contribution in [2.75, 3.05) is 5.73 Å². The summed E-state index contributed by atoms with van der Waals surface area (Å²) in [5.74, 6) is -9.01. The Kier molecular flexibility index (Phi) is 4.03. The zero-order valence-corrected chi connectivity index (χ0v) is 15.8. The fourth-order valence-corrected chi connectivity index (χ4v) is 5.01. The number of aliphatic hydroxyl groups excluding tert-OH is 3. The highest BCUT2D eigenvalue weighted by molar-refractivity contribution is 6.23. The molecule has 5 atom stereocenters. The van der Waals surface area contributed by atoms with E-state index in [0.717, 1.165) is 0 Å². The Balaban J connectivity index is 2.03. The Hall–Kier alpha value is -3.37. The van der Waals surface area contributed by atoms with Crippen LogP contribution in [0.25, 0.3) is 5.76 Å². The summed E-state index contributed by atoms with van der Waals surface area (Å²) in [7, 11) is 0. The van der Waals surface area contributed by atoms with Crippen LogP contribution in [0.3, 0.4) is 0 Å². The van der Waals surface area contributed by atoms with Gasteiger partial charge in [-0.2, -0.15) is 0 Å². The summed E-state index contributed by atoms with van der Waals surface area (Å²) in [5.41, 5.74) is 6.83. The minimum Gasteiger partial charge on any atom is -0.508 e. The molecular weight excluding hydrogens is 396 g/mol. The number of primary amides is 1. The summed E-state index contributed by atoms with van der Waals surface area (Å²) < 4.78 is 0. The molecule has 1 saturated carbocycles. The molecule has 0 saturated heterocycles. The monoisotopic (exact) mass is 416 g/mol. The van der Waals surface area contributed by atoms with Crippen LogP contribution in [0.2, 0.25) is 0 Å². The molecule has 10 heteroatoms. The molecule has 1 aromatic carbocycles. The van der Waals surface area contributed by atoms with Crippen molar-refractivity contribution in [1.29, 1.82) is 0 Å². The number of carbonyl (C=O) groups excluding carboxylic acids is 3. The number of hydrogen-bond donors (Lipinski definition) is 7. The molecule has 10 nitrogen and oxygen atoms in total. The number of nitrogens with two attached hydrogens (primary N) is 2. The lowest BCUT2D eigenvalue weighted by Crippen LogP contribution is -2.63. The number of nitrogen functional groups attached to an aromatic ring is 1. The maximum Gasteiger partial charge on any atom is 0.255 e. The zero-order valence-electron chi connectivity index (χ0n) is 15.8. The molecule has 1 fully saturated rings. The zero-order chi connectivity index (χ0) is 22.3. The van der Waals surface area contributed by atoms with Gasteiger partial charge in [0.05, 0.1) is 17.4 Å². The second-order valence-electron chi connectivity index (χ2n) is 7.95. The summed E-state index contributed by atoms with van der Waals surface area (Å²) in [6.45, 7) is 1.64. The average Bonchev–Trinajstić information content (AvgIpc) is 2.67. The van der Waals surface area contributed by atoms with Crippen LogP contribution in [-0.2, 0) is 14.4 Å². The fraction of sp³-hybridized carbons (Fsp3) is 0.350. The van der Waals surface area contributed by atoms with Crippen LogP contribution >= 0.6 is 0 Å². The third kappa shape index (κ3) is 2.17. The minimum atomic E-state index is -2.84. The molecule has 1 amide bonds. The van der Waals surface area contributed by atoms with E-state index in [1.165, 1.54) is 12.1 Å². The van der Waals surface area contributed by atoms with Crippen LogP contribution in [0.4, 0.5) is 5.69 Å². The normalized spacial score (nSPS) is 33.2. The number of phenolic OH excluding ortho intramolecular Hbond substituents is 1. The molecule has 0 aliphatic heterocycles. The number of benzene rings is 1. The lowest BCUT2D eigenvalue weighted by atomic mass is 9.55. The number of aliphatic hydroxyl groups is 4. The summed E-state index contributed by atoms with van der Waals surface area (Å²) in [5, 5.41) is 53.9. The standard InChI is InChI=1S/C20H20N2O8/c1-5-6-2-3-8(21)15(25)11(6)16(26)13-10(5)14(24)7-4-9(23)12(19(22)29)17(27)20(7,30)18(13)28/h2-3,5,7,10,14,24-27,30H,4,21H2,1H3,(H2,22,29)/t5-,7+,10+,14+,20+/m0/s1. The van der Waals surface area contributed by atoms with E-state index in [1.54, 1.807) is 6.92 Å². The van der Waals surface area contributed by atoms with Crippen molar-refractivity contribution in [3.63, 3.8) is 0 Å². The van der Waals surface area contributed by atoms with E-state index in [2.05, 4.69) is 0 Å². The van der Waals surface area contributed by atoms with Gasteiger partial charge in [0.1, 0.15) is 22.8 Å². The quantitative estimate of drug-likeness (QED) is 0.179. The fourth-order valence-electron chi connectivity index (χ4n) is 5.01. The number of aromatic hydroxyl groups is 1. The van der Waals surface area contributed by atoms with Crippen LogP contribution in [0.15, 0.2) is 29.0 Å². The van der Waals surface area contributed by atoms with Crippen LogP contribution < -0.4 is 11.5 Å². The number of anilines is 1. The third-order valence-electron chi connectivity index (χ3n) is 6.53. The van der Waals surface area contributed by atoms with Crippen LogP contribution in [0, 0.1) is 11.8 Å². The minimum absolute atomic E-state index is 0.0611. The highest BCUT2D eigenvalue weighted by atomic mass is 16.4. The van der Waals surface area contributed by atoms with Crippen molar-refractivity contribution in [2.45, 2.75) is 31.0 Å². The number of phenols is 1. The van der Waals surface area contributed by atoms with E-state index < -0.39 is 81.8 Å². The van der Waals surface area contributed by atoms with E-state index >= 15 is 0 Å². The molecule has 1 aromatic rings. The number of carbonyl (C=O) groups is 3. The van der Waals surface area contributed by atoms with Gasteiger partial charge in [0.2, 0.25) is 5.78 Å². The van der Waals surface area contributed by atoms with Crippen LogP contribution in [0.1, 0.15) is 30.4 Å². The van der Waals surface area contributed by atoms with Gasteiger partial charge in [0, 0.05) is 23.8 Å². The lowest BCUT2D eigenvalue weighted by molar-refractivity contribution is -0.160. The highest BCUT2D eigenvalue weighted by Gasteiger charge is 2.64. The topological polar surface area (TPSA) is 204 Å². The third-order valence-corrected chi connectivity index (χ3v) is 6.53. The van der Waals surface area contributed by atoms with E-state index in [9.17, 15) is 39.9 Å². The number of ketones is 2. The molecule has 0 aromatic heterocycles. The van der Waals surface area contributed by atoms with Gasteiger partial charge in [-0.3, -0.25) is 14.4 Å².